The van der Waals surface area contributed by atoms with Crippen LogP contribution in [-0.2, 0) is 23.3 Å². The van der Waals surface area contributed by atoms with E-state index in [-0.39, 0.29) is 6.04 Å². The van der Waals surface area contributed by atoms with Crippen molar-refractivity contribution < 1.29 is 9.26 Å². The Morgan fingerprint density at radius 1 is 1.47 bits per heavy atom. The number of hydrogen-bond acceptors (Lipinski definition) is 6. The molecular weight excluding hydrogens is 246 g/mol. The molecule has 19 heavy (non-hydrogen) atoms. The van der Waals surface area contributed by atoms with Crippen molar-refractivity contribution in [3.05, 3.63) is 29.4 Å². The Labute approximate surface area is 110 Å². The van der Waals surface area contributed by atoms with Gasteiger partial charge in [-0.25, -0.2) is 4.98 Å². The summed E-state index contributed by atoms with van der Waals surface area (Å²) in [6, 6.07) is 0.00436. The largest absolute Gasteiger partial charge is 0.371 e. The lowest BCUT2D eigenvalue weighted by atomic mass is 10.1. The van der Waals surface area contributed by atoms with E-state index in [1.807, 2.05) is 13.8 Å². The average Bonchev–Trinajstić information content (AvgIpc) is 3.06. The topological polar surface area (TPSA) is 88.9 Å². The Hall–Kier alpha value is -1.73. The zero-order valence-electron chi connectivity index (χ0n) is 11.2. The van der Waals surface area contributed by atoms with E-state index in [0.29, 0.717) is 11.7 Å². The van der Waals surface area contributed by atoms with Crippen LogP contribution in [0.2, 0.25) is 0 Å². The summed E-state index contributed by atoms with van der Waals surface area (Å²) < 4.78 is 10.7. The number of hydrogen-bond donors (Lipinski definition) is 2. The van der Waals surface area contributed by atoms with Crippen LogP contribution < -0.4 is 5.32 Å². The van der Waals surface area contributed by atoms with Crippen molar-refractivity contribution in [3.8, 4) is 0 Å². The molecule has 2 aromatic rings. The predicted molar refractivity (Wildman–Crippen MR) is 66.2 cm³/mol. The molecule has 0 saturated heterocycles. The van der Waals surface area contributed by atoms with Crippen molar-refractivity contribution in [2.75, 3.05) is 7.11 Å². The number of aromatic amines is 1. The molecule has 2 aromatic heterocycles. The third kappa shape index (κ3) is 2.15. The molecule has 2 N–H and O–H groups in total. The van der Waals surface area contributed by atoms with Gasteiger partial charge in [-0.15, -0.1) is 0 Å². The molecule has 0 spiro atoms. The summed E-state index contributed by atoms with van der Waals surface area (Å²) in [5, 5.41) is 7.35. The van der Waals surface area contributed by atoms with Crippen molar-refractivity contribution in [3.63, 3.8) is 0 Å². The molecule has 1 atom stereocenters. The molecule has 1 aliphatic rings. The molecule has 1 unspecified atom stereocenters. The number of aromatic nitrogens is 4. The van der Waals surface area contributed by atoms with E-state index in [1.165, 1.54) is 0 Å². The van der Waals surface area contributed by atoms with Crippen LogP contribution in [-0.4, -0.2) is 27.2 Å². The maximum absolute atomic E-state index is 5.35. The molecule has 7 heteroatoms. The maximum Gasteiger partial charge on any atom is 0.244 e. The molecule has 1 aliphatic heterocycles. The van der Waals surface area contributed by atoms with E-state index in [9.17, 15) is 0 Å². The number of imidazole rings is 1. The lowest BCUT2D eigenvalue weighted by molar-refractivity contribution is 0.00973. The van der Waals surface area contributed by atoms with Crippen molar-refractivity contribution in [1.29, 1.82) is 0 Å². The highest BCUT2D eigenvalue weighted by Crippen LogP contribution is 2.26. The first-order chi connectivity index (χ1) is 9.10. The van der Waals surface area contributed by atoms with Gasteiger partial charge in [-0.3, -0.25) is 5.32 Å². The number of rotatable bonds is 3. The van der Waals surface area contributed by atoms with Gasteiger partial charge in [-0.1, -0.05) is 5.16 Å². The first kappa shape index (κ1) is 12.3. The first-order valence-electron chi connectivity index (χ1n) is 6.24. The molecule has 3 rings (SSSR count). The van der Waals surface area contributed by atoms with E-state index in [0.717, 1.165) is 24.4 Å². The molecule has 0 radical (unpaired) electrons. The molecule has 0 aliphatic carbocycles. The molecule has 0 bridgehead atoms. The SMILES string of the molecule is COC(C)(C)c1noc(C2Cc3nc[nH]c3CN2)n1. The summed E-state index contributed by atoms with van der Waals surface area (Å²) in [5.74, 6) is 1.13. The van der Waals surface area contributed by atoms with Crippen LogP contribution >= 0.6 is 0 Å². The normalized spacial score (nSPS) is 19.4. The molecular formula is C12H17N5O2. The van der Waals surface area contributed by atoms with E-state index in [4.69, 9.17) is 9.26 Å². The molecule has 3 heterocycles. The van der Waals surface area contributed by atoms with Crippen LogP contribution in [0.3, 0.4) is 0 Å². The standard InChI is InChI=1S/C12H17N5O2/c1-12(2,18-3)11-16-10(19-17-11)8-4-7-9(5-13-8)15-6-14-7/h6,8,13H,4-5H2,1-3H3,(H,14,15). The average molecular weight is 263 g/mol. The summed E-state index contributed by atoms with van der Waals surface area (Å²) in [4.78, 5) is 11.8. The zero-order valence-corrected chi connectivity index (χ0v) is 11.2. The monoisotopic (exact) mass is 263 g/mol. The van der Waals surface area contributed by atoms with Gasteiger partial charge in [-0.2, -0.15) is 4.98 Å². The van der Waals surface area contributed by atoms with Gasteiger partial charge in [0.2, 0.25) is 11.7 Å². The first-order valence-corrected chi connectivity index (χ1v) is 6.24. The molecule has 102 valence electrons. The highest BCUT2D eigenvalue weighted by molar-refractivity contribution is 5.17. The second-order valence-electron chi connectivity index (χ2n) is 5.14. The van der Waals surface area contributed by atoms with Crippen LogP contribution in [0.1, 0.15) is 43.0 Å². The third-order valence-corrected chi connectivity index (χ3v) is 3.52. The van der Waals surface area contributed by atoms with Gasteiger partial charge in [0.15, 0.2) is 0 Å². The highest BCUT2D eigenvalue weighted by atomic mass is 16.5. The summed E-state index contributed by atoms with van der Waals surface area (Å²) in [7, 11) is 1.63. The van der Waals surface area contributed by atoms with Gasteiger partial charge in [-0.05, 0) is 13.8 Å². The second kappa shape index (κ2) is 4.43. The van der Waals surface area contributed by atoms with Gasteiger partial charge in [0.25, 0.3) is 0 Å². The van der Waals surface area contributed by atoms with Gasteiger partial charge in [0.05, 0.1) is 23.8 Å². The van der Waals surface area contributed by atoms with Gasteiger partial charge in [0.1, 0.15) is 5.60 Å². The van der Waals surface area contributed by atoms with Gasteiger partial charge >= 0.3 is 0 Å². The number of methoxy groups -OCH3 is 1. The lowest BCUT2D eigenvalue weighted by Crippen LogP contribution is -2.29. The van der Waals surface area contributed by atoms with Crippen LogP contribution in [0.4, 0.5) is 0 Å². The fourth-order valence-electron chi connectivity index (χ4n) is 2.06. The fraction of sp³-hybridized carbons (Fsp3) is 0.583. The molecule has 0 aromatic carbocycles. The maximum atomic E-state index is 5.35. The third-order valence-electron chi connectivity index (χ3n) is 3.52. The number of fused-ring (bicyclic) bond motifs is 1. The molecule has 0 amide bonds. The van der Waals surface area contributed by atoms with Crippen LogP contribution in [0.25, 0.3) is 0 Å². The fourth-order valence-corrected chi connectivity index (χ4v) is 2.06. The second-order valence-corrected chi connectivity index (χ2v) is 5.14. The number of nitrogens with zero attached hydrogens (tertiary/aromatic N) is 3. The Bertz CT molecular complexity index is 574. The number of ether oxygens (including phenoxy) is 1. The zero-order chi connectivity index (χ0) is 13.5. The summed E-state index contributed by atoms with van der Waals surface area (Å²) in [6.07, 6.45) is 2.45. The van der Waals surface area contributed by atoms with E-state index >= 15 is 0 Å². The Morgan fingerprint density at radius 2 is 2.32 bits per heavy atom. The smallest absolute Gasteiger partial charge is 0.244 e. The molecule has 0 fully saturated rings. The van der Waals surface area contributed by atoms with Crippen molar-refractivity contribution >= 4 is 0 Å². The van der Waals surface area contributed by atoms with Gasteiger partial charge < -0.3 is 14.2 Å². The molecule has 0 saturated carbocycles. The predicted octanol–water partition coefficient (Wildman–Crippen LogP) is 1.06. The minimum Gasteiger partial charge on any atom is -0.371 e. The Balaban J connectivity index is 1.81. The van der Waals surface area contributed by atoms with Crippen molar-refractivity contribution in [2.45, 2.75) is 38.5 Å². The summed E-state index contributed by atoms with van der Waals surface area (Å²) in [5.41, 5.74) is 1.62. The minimum atomic E-state index is -0.548. The van der Waals surface area contributed by atoms with E-state index < -0.39 is 5.60 Å². The van der Waals surface area contributed by atoms with Crippen LogP contribution in [0.5, 0.6) is 0 Å². The lowest BCUT2D eigenvalue weighted by Gasteiger charge is -2.20. The van der Waals surface area contributed by atoms with Crippen molar-refractivity contribution in [1.82, 2.24) is 25.4 Å². The highest BCUT2D eigenvalue weighted by Gasteiger charge is 2.30. The van der Waals surface area contributed by atoms with Crippen LogP contribution in [0.15, 0.2) is 10.9 Å². The van der Waals surface area contributed by atoms with Crippen molar-refractivity contribution in [2.24, 2.45) is 0 Å². The Kier molecular flexibility index (Phi) is 2.87. The number of H-pyrrole nitrogens is 1. The summed E-state index contributed by atoms with van der Waals surface area (Å²) in [6.45, 7) is 4.54. The van der Waals surface area contributed by atoms with E-state index in [2.05, 4.69) is 25.4 Å². The quantitative estimate of drug-likeness (QED) is 0.860. The van der Waals surface area contributed by atoms with E-state index in [1.54, 1.807) is 13.4 Å². The Morgan fingerprint density at radius 3 is 3.11 bits per heavy atom. The minimum absolute atomic E-state index is 0.00436. The number of nitrogens with one attached hydrogen (secondary N) is 2. The summed E-state index contributed by atoms with van der Waals surface area (Å²) >= 11 is 0. The molecule has 7 nitrogen and oxygen atoms in total. The van der Waals surface area contributed by atoms with Gasteiger partial charge in [0, 0.05) is 20.1 Å². The van der Waals surface area contributed by atoms with Crippen LogP contribution in [0, 0.1) is 0 Å².